The van der Waals surface area contributed by atoms with Gasteiger partial charge in [-0.05, 0) is 11.6 Å². The highest BCUT2D eigenvalue weighted by Crippen LogP contribution is 2.40. The van der Waals surface area contributed by atoms with Crippen LogP contribution in [-0.4, -0.2) is 81.2 Å². The molecule has 4 rings (SSSR count). The lowest BCUT2D eigenvalue weighted by Crippen LogP contribution is -2.20. The normalized spacial score (nSPS) is 12.4. The summed E-state index contributed by atoms with van der Waals surface area (Å²) in [5.74, 6) is 0. The molecular weight excluding hydrogens is 460 g/mol. The maximum atomic E-state index is 10.2. The van der Waals surface area contributed by atoms with Gasteiger partial charge in [-0.25, -0.2) is 4.68 Å². The Hall–Kier alpha value is -3.11. The van der Waals surface area contributed by atoms with E-state index in [0.29, 0.717) is 65.8 Å². The average Bonchev–Trinajstić information content (AvgIpc) is 3.31. The van der Waals surface area contributed by atoms with Crippen LogP contribution in [0.15, 0.2) is 48.5 Å². The van der Waals surface area contributed by atoms with Crippen LogP contribution >= 0.6 is 0 Å². The summed E-state index contributed by atoms with van der Waals surface area (Å²) in [6, 6.07) is 16.8. The highest BCUT2D eigenvalue weighted by Gasteiger charge is 2.24. The van der Waals surface area contributed by atoms with Gasteiger partial charge in [0.25, 0.3) is 0 Å². The molecule has 36 heavy (non-hydrogen) atoms. The van der Waals surface area contributed by atoms with E-state index in [4.69, 9.17) is 18.9 Å². The molecule has 9 nitrogen and oxygen atoms in total. The number of hydrogen-bond donors (Lipinski definition) is 0. The Labute approximate surface area is 211 Å². The van der Waals surface area contributed by atoms with Gasteiger partial charge < -0.3 is 28.6 Å². The van der Waals surface area contributed by atoms with E-state index >= 15 is 0 Å². The summed E-state index contributed by atoms with van der Waals surface area (Å²) >= 11 is 0. The Balaban J connectivity index is 1.26. The van der Waals surface area contributed by atoms with Gasteiger partial charge in [0.2, 0.25) is 0 Å². The zero-order valence-electron chi connectivity index (χ0n) is 20.8. The molecule has 0 saturated carbocycles. The highest BCUT2D eigenvalue weighted by atomic mass is 16.6. The van der Waals surface area contributed by atoms with E-state index in [-0.39, 0.29) is 0 Å². The van der Waals surface area contributed by atoms with Crippen molar-refractivity contribution in [3.05, 3.63) is 54.1 Å². The van der Waals surface area contributed by atoms with Gasteiger partial charge in [-0.15, -0.1) is 5.10 Å². The average molecular weight is 495 g/mol. The third kappa shape index (κ3) is 6.76. The van der Waals surface area contributed by atoms with Crippen molar-refractivity contribution >= 4 is 12.0 Å². The third-order valence-electron chi connectivity index (χ3n) is 5.93. The first kappa shape index (κ1) is 26.0. The topological polar surface area (TPSA) is 87.9 Å². The first-order chi connectivity index (χ1) is 17.8. The number of rotatable bonds is 15. The SMILES string of the molecule is CN1Cc2ccccc2-c2nnn(CCOCCOCCOCCOCCC=O)c2-c2ccccc21. The molecule has 1 aromatic heterocycles. The van der Waals surface area contributed by atoms with E-state index in [1.54, 1.807) is 0 Å². The van der Waals surface area contributed by atoms with E-state index in [1.165, 1.54) is 5.56 Å². The molecule has 3 aromatic rings. The van der Waals surface area contributed by atoms with Crippen molar-refractivity contribution in [1.82, 2.24) is 15.0 Å². The Kier molecular flexibility index (Phi) is 9.98. The summed E-state index contributed by atoms with van der Waals surface area (Å²) in [5, 5.41) is 9.08. The number of ether oxygens (including phenoxy) is 4. The van der Waals surface area contributed by atoms with Crippen molar-refractivity contribution < 1.29 is 23.7 Å². The largest absolute Gasteiger partial charge is 0.379 e. The van der Waals surface area contributed by atoms with Gasteiger partial charge in [0.15, 0.2) is 0 Å². The number of nitrogens with zero attached hydrogens (tertiary/aromatic N) is 4. The van der Waals surface area contributed by atoms with Crippen LogP contribution in [0, 0.1) is 0 Å². The minimum atomic E-state index is 0.418. The second-order valence-corrected chi connectivity index (χ2v) is 8.44. The maximum absolute atomic E-state index is 10.2. The smallest absolute Gasteiger partial charge is 0.122 e. The monoisotopic (exact) mass is 494 g/mol. The number of carbonyl (C=O) groups is 1. The highest BCUT2D eigenvalue weighted by molar-refractivity contribution is 5.87. The fourth-order valence-electron chi connectivity index (χ4n) is 4.20. The number of benzene rings is 2. The Morgan fingerprint density at radius 3 is 2.14 bits per heavy atom. The summed E-state index contributed by atoms with van der Waals surface area (Å²) in [5.41, 5.74) is 6.53. The minimum Gasteiger partial charge on any atom is -0.379 e. The molecule has 1 aliphatic heterocycles. The Morgan fingerprint density at radius 1 is 0.806 bits per heavy atom. The van der Waals surface area contributed by atoms with E-state index in [2.05, 4.69) is 64.7 Å². The number of hydrogen-bond acceptors (Lipinski definition) is 8. The summed E-state index contributed by atoms with van der Waals surface area (Å²) < 4.78 is 24.0. The van der Waals surface area contributed by atoms with Crippen molar-refractivity contribution in [2.24, 2.45) is 0 Å². The second-order valence-electron chi connectivity index (χ2n) is 8.44. The van der Waals surface area contributed by atoms with E-state index in [9.17, 15) is 4.79 Å². The molecule has 192 valence electrons. The van der Waals surface area contributed by atoms with E-state index < -0.39 is 0 Å². The first-order valence-electron chi connectivity index (χ1n) is 12.4. The van der Waals surface area contributed by atoms with Gasteiger partial charge in [-0.1, -0.05) is 47.7 Å². The summed E-state index contributed by atoms with van der Waals surface area (Å²) in [6.45, 7) is 5.31. The Bertz CT molecular complexity index is 1100. The molecule has 2 heterocycles. The van der Waals surface area contributed by atoms with Crippen LogP contribution in [0.5, 0.6) is 0 Å². The van der Waals surface area contributed by atoms with Crippen LogP contribution in [0.25, 0.3) is 22.5 Å². The van der Waals surface area contributed by atoms with Crippen LogP contribution < -0.4 is 4.90 Å². The molecule has 0 fully saturated rings. The molecule has 0 radical (unpaired) electrons. The molecule has 0 unspecified atom stereocenters. The van der Waals surface area contributed by atoms with Gasteiger partial charge in [0, 0.05) is 36.8 Å². The molecule has 0 atom stereocenters. The molecule has 9 heteroatoms. The fourth-order valence-corrected chi connectivity index (χ4v) is 4.20. The number of anilines is 1. The molecular formula is C27H34N4O5. The van der Waals surface area contributed by atoms with Crippen molar-refractivity contribution in [3.8, 4) is 22.5 Å². The van der Waals surface area contributed by atoms with Crippen LogP contribution in [0.2, 0.25) is 0 Å². The predicted molar refractivity (Wildman–Crippen MR) is 137 cm³/mol. The molecule has 1 aliphatic rings. The summed E-state index contributed by atoms with van der Waals surface area (Å²) in [6.07, 6.45) is 1.26. The van der Waals surface area contributed by atoms with Gasteiger partial charge in [0.1, 0.15) is 12.0 Å². The van der Waals surface area contributed by atoms with E-state index in [0.717, 1.165) is 41.0 Å². The number of aromatic nitrogens is 3. The van der Waals surface area contributed by atoms with Gasteiger partial charge >= 0.3 is 0 Å². The number of carbonyl (C=O) groups excluding carboxylic acids is 1. The second kappa shape index (κ2) is 13.8. The lowest BCUT2D eigenvalue weighted by Gasteiger charge is -2.26. The van der Waals surface area contributed by atoms with Crippen molar-refractivity contribution in [2.75, 3.05) is 64.8 Å². The van der Waals surface area contributed by atoms with Crippen LogP contribution in [0.4, 0.5) is 5.69 Å². The van der Waals surface area contributed by atoms with Crippen molar-refractivity contribution in [3.63, 3.8) is 0 Å². The summed E-state index contributed by atoms with van der Waals surface area (Å²) in [7, 11) is 2.12. The minimum absolute atomic E-state index is 0.418. The maximum Gasteiger partial charge on any atom is 0.122 e. The van der Waals surface area contributed by atoms with Crippen LogP contribution in [-0.2, 0) is 36.8 Å². The quantitative estimate of drug-likeness (QED) is 0.235. The first-order valence-corrected chi connectivity index (χ1v) is 12.4. The molecule has 0 N–H and O–H groups in total. The van der Waals surface area contributed by atoms with Crippen molar-refractivity contribution in [1.29, 1.82) is 0 Å². The molecule has 0 saturated heterocycles. The number of aldehydes is 1. The lowest BCUT2D eigenvalue weighted by atomic mass is 9.96. The predicted octanol–water partition coefficient (Wildman–Crippen LogP) is 3.22. The van der Waals surface area contributed by atoms with Crippen LogP contribution in [0.3, 0.4) is 0 Å². The van der Waals surface area contributed by atoms with Crippen molar-refractivity contribution in [2.45, 2.75) is 19.5 Å². The Morgan fingerprint density at radius 2 is 1.42 bits per heavy atom. The molecule has 2 aromatic carbocycles. The van der Waals surface area contributed by atoms with Gasteiger partial charge in [-0.3, -0.25) is 0 Å². The summed E-state index contributed by atoms with van der Waals surface area (Å²) in [4.78, 5) is 12.5. The zero-order chi connectivity index (χ0) is 25.0. The number of fused-ring (bicyclic) bond motifs is 5. The van der Waals surface area contributed by atoms with Crippen LogP contribution in [0.1, 0.15) is 12.0 Å². The fraction of sp³-hybridized carbons (Fsp3) is 0.444. The molecule has 0 bridgehead atoms. The molecule has 0 spiro atoms. The third-order valence-corrected chi connectivity index (χ3v) is 5.93. The van der Waals surface area contributed by atoms with Gasteiger partial charge in [0.05, 0.1) is 65.1 Å². The standard InChI is InChI=1S/C27H34N4O5/c1-30-21-22-7-2-3-8-23(22)26-27(24-9-4-5-10-25(24)30)31(29-28-26)11-14-34-16-18-36-20-19-35-17-15-33-13-6-12-32/h2-5,7-10,12H,6,11,13-21H2,1H3. The number of para-hydroxylation sites is 1. The molecule has 0 aliphatic carbocycles. The zero-order valence-corrected chi connectivity index (χ0v) is 20.8. The van der Waals surface area contributed by atoms with E-state index in [1.807, 2.05) is 10.7 Å². The molecule has 0 amide bonds. The van der Waals surface area contributed by atoms with Gasteiger partial charge in [-0.2, -0.15) is 0 Å². The lowest BCUT2D eigenvalue weighted by molar-refractivity contribution is -0.108.